The maximum atomic E-state index is 11.2. The van der Waals surface area contributed by atoms with E-state index in [0.717, 1.165) is 0 Å². The summed E-state index contributed by atoms with van der Waals surface area (Å²) in [6, 6.07) is 0. The Labute approximate surface area is 76.5 Å². The van der Waals surface area contributed by atoms with E-state index in [1.54, 1.807) is 6.92 Å². The van der Waals surface area contributed by atoms with Crippen LogP contribution in [0.2, 0.25) is 0 Å². The van der Waals surface area contributed by atoms with Gasteiger partial charge in [-0.05, 0) is 6.92 Å². The molecule has 1 aliphatic rings. The van der Waals surface area contributed by atoms with Crippen LogP contribution in [0.5, 0.6) is 0 Å². The van der Waals surface area contributed by atoms with E-state index in [4.69, 9.17) is 9.47 Å². The topological polar surface area (TPSA) is 52.6 Å². The lowest BCUT2D eigenvalue weighted by Gasteiger charge is -2.03. The Morgan fingerprint density at radius 1 is 1.85 bits per heavy atom. The van der Waals surface area contributed by atoms with Crippen LogP contribution in [0.4, 0.5) is 0 Å². The maximum absolute atomic E-state index is 11.2. The first-order chi connectivity index (χ1) is 6.19. The zero-order chi connectivity index (χ0) is 9.84. The molecule has 0 saturated carbocycles. The van der Waals surface area contributed by atoms with Gasteiger partial charge in [0.2, 0.25) is 0 Å². The van der Waals surface area contributed by atoms with E-state index in [9.17, 15) is 9.59 Å². The molecule has 1 aliphatic heterocycles. The van der Waals surface area contributed by atoms with Crippen LogP contribution in [0.3, 0.4) is 0 Å². The SMILES string of the molecule is C=C[C@H]1C[C@H](C(=O)OCC)C(=O)O1. The van der Waals surface area contributed by atoms with Gasteiger partial charge in [-0.2, -0.15) is 0 Å². The van der Waals surface area contributed by atoms with Crippen LogP contribution in [-0.4, -0.2) is 24.6 Å². The number of esters is 2. The molecule has 0 spiro atoms. The van der Waals surface area contributed by atoms with Gasteiger partial charge in [0, 0.05) is 6.42 Å². The van der Waals surface area contributed by atoms with E-state index >= 15 is 0 Å². The minimum Gasteiger partial charge on any atom is -0.465 e. The van der Waals surface area contributed by atoms with Gasteiger partial charge in [0.1, 0.15) is 6.10 Å². The number of cyclic esters (lactones) is 1. The smallest absolute Gasteiger partial charge is 0.321 e. The quantitative estimate of drug-likeness (QED) is 0.367. The lowest BCUT2D eigenvalue weighted by molar-refractivity contribution is -0.155. The first-order valence-corrected chi connectivity index (χ1v) is 4.18. The van der Waals surface area contributed by atoms with Crippen molar-refractivity contribution in [2.45, 2.75) is 19.4 Å². The van der Waals surface area contributed by atoms with Gasteiger partial charge >= 0.3 is 11.9 Å². The molecule has 0 amide bonds. The van der Waals surface area contributed by atoms with Crippen LogP contribution < -0.4 is 0 Å². The highest BCUT2D eigenvalue weighted by molar-refractivity contribution is 5.96. The number of ether oxygens (including phenoxy) is 2. The molecule has 0 unspecified atom stereocenters. The molecule has 4 heteroatoms. The van der Waals surface area contributed by atoms with Gasteiger partial charge in [-0.25, -0.2) is 0 Å². The summed E-state index contributed by atoms with van der Waals surface area (Å²) in [6.07, 6.45) is 1.51. The predicted molar refractivity (Wildman–Crippen MR) is 44.8 cm³/mol. The van der Waals surface area contributed by atoms with Crippen molar-refractivity contribution in [1.82, 2.24) is 0 Å². The molecule has 0 N–H and O–H groups in total. The molecule has 72 valence electrons. The summed E-state index contributed by atoms with van der Waals surface area (Å²) < 4.78 is 9.55. The summed E-state index contributed by atoms with van der Waals surface area (Å²) in [5.74, 6) is -1.77. The van der Waals surface area contributed by atoms with E-state index in [0.29, 0.717) is 6.42 Å². The number of hydrogen-bond acceptors (Lipinski definition) is 4. The third-order valence-corrected chi connectivity index (χ3v) is 1.85. The largest absolute Gasteiger partial charge is 0.465 e. The van der Waals surface area contributed by atoms with Crippen molar-refractivity contribution < 1.29 is 19.1 Å². The Balaban J connectivity index is 2.56. The van der Waals surface area contributed by atoms with Crippen molar-refractivity contribution in [3.05, 3.63) is 12.7 Å². The average molecular weight is 184 g/mol. The second-order valence-corrected chi connectivity index (χ2v) is 2.75. The van der Waals surface area contributed by atoms with Gasteiger partial charge in [-0.3, -0.25) is 9.59 Å². The monoisotopic (exact) mass is 184 g/mol. The third kappa shape index (κ3) is 2.08. The molecule has 0 aromatic heterocycles. The molecule has 4 nitrogen and oxygen atoms in total. The number of carbonyl (C=O) groups is 2. The molecule has 1 fully saturated rings. The van der Waals surface area contributed by atoms with Gasteiger partial charge in [0.05, 0.1) is 6.61 Å². The average Bonchev–Trinajstić information content (AvgIpc) is 2.47. The van der Waals surface area contributed by atoms with Crippen molar-refractivity contribution in [2.75, 3.05) is 6.61 Å². The van der Waals surface area contributed by atoms with E-state index in [2.05, 4.69) is 6.58 Å². The summed E-state index contributed by atoms with van der Waals surface area (Å²) in [5.41, 5.74) is 0. The van der Waals surface area contributed by atoms with Crippen LogP contribution in [0.15, 0.2) is 12.7 Å². The summed E-state index contributed by atoms with van der Waals surface area (Å²) in [5, 5.41) is 0. The fraction of sp³-hybridized carbons (Fsp3) is 0.556. The van der Waals surface area contributed by atoms with Crippen LogP contribution in [0, 0.1) is 5.92 Å². The minimum absolute atomic E-state index is 0.279. The van der Waals surface area contributed by atoms with Crippen molar-refractivity contribution in [3.8, 4) is 0 Å². The highest BCUT2D eigenvalue weighted by Crippen LogP contribution is 2.22. The normalized spacial score (nSPS) is 26.7. The summed E-state index contributed by atoms with van der Waals surface area (Å²) in [6.45, 7) is 5.46. The molecular weight excluding hydrogens is 172 g/mol. The molecule has 0 aliphatic carbocycles. The second kappa shape index (κ2) is 4.07. The fourth-order valence-corrected chi connectivity index (χ4v) is 1.19. The number of hydrogen-bond donors (Lipinski definition) is 0. The Kier molecular flexibility index (Phi) is 3.06. The van der Waals surface area contributed by atoms with E-state index in [1.807, 2.05) is 0 Å². The molecular formula is C9H12O4. The van der Waals surface area contributed by atoms with Gasteiger partial charge in [-0.1, -0.05) is 12.7 Å². The number of carbonyl (C=O) groups excluding carboxylic acids is 2. The fourth-order valence-electron chi connectivity index (χ4n) is 1.19. The predicted octanol–water partition coefficient (Wildman–Crippen LogP) is 0.667. The summed E-state index contributed by atoms with van der Waals surface area (Å²) >= 11 is 0. The standard InChI is InChI=1S/C9H12O4/c1-3-6-5-7(9(11)13-6)8(10)12-4-2/h3,6-7H,1,4-5H2,2H3/t6-,7+/m0/s1. The van der Waals surface area contributed by atoms with Crippen molar-refractivity contribution in [1.29, 1.82) is 0 Å². The summed E-state index contributed by atoms with van der Waals surface area (Å²) in [4.78, 5) is 22.2. The van der Waals surface area contributed by atoms with E-state index < -0.39 is 17.9 Å². The molecule has 1 heterocycles. The van der Waals surface area contributed by atoms with Crippen LogP contribution in [0.25, 0.3) is 0 Å². The zero-order valence-corrected chi connectivity index (χ0v) is 7.49. The van der Waals surface area contributed by atoms with E-state index in [1.165, 1.54) is 6.08 Å². The zero-order valence-electron chi connectivity index (χ0n) is 7.49. The Morgan fingerprint density at radius 3 is 3.00 bits per heavy atom. The molecule has 1 saturated heterocycles. The molecule has 0 bridgehead atoms. The van der Waals surface area contributed by atoms with Gasteiger partial charge in [0.25, 0.3) is 0 Å². The number of rotatable bonds is 3. The van der Waals surface area contributed by atoms with Gasteiger partial charge in [-0.15, -0.1) is 0 Å². The van der Waals surface area contributed by atoms with E-state index in [-0.39, 0.29) is 12.7 Å². The summed E-state index contributed by atoms with van der Waals surface area (Å²) in [7, 11) is 0. The maximum Gasteiger partial charge on any atom is 0.321 e. The highest BCUT2D eigenvalue weighted by Gasteiger charge is 2.39. The Bertz CT molecular complexity index is 234. The lowest BCUT2D eigenvalue weighted by Crippen LogP contribution is -2.21. The molecule has 13 heavy (non-hydrogen) atoms. The van der Waals surface area contributed by atoms with Gasteiger partial charge < -0.3 is 9.47 Å². The third-order valence-electron chi connectivity index (χ3n) is 1.85. The first-order valence-electron chi connectivity index (χ1n) is 4.18. The Hall–Kier alpha value is -1.32. The minimum atomic E-state index is -0.761. The highest BCUT2D eigenvalue weighted by atomic mass is 16.6. The molecule has 0 aromatic carbocycles. The second-order valence-electron chi connectivity index (χ2n) is 2.75. The molecule has 1 rings (SSSR count). The van der Waals surface area contributed by atoms with Crippen molar-refractivity contribution in [2.24, 2.45) is 5.92 Å². The van der Waals surface area contributed by atoms with Crippen molar-refractivity contribution in [3.63, 3.8) is 0 Å². The molecule has 0 radical (unpaired) electrons. The first kappa shape index (κ1) is 9.77. The molecule has 0 aromatic rings. The lowest BCUT2D eigenvalue weighted by atomic mass is 10.1. The van der Waals surface area contributed by atoms with Crippen LogP contribution >= 0.6 is 0 Å². The van der Waals surface area contributed by atoms with Crippen LogP contribution in [0.1, 0.15) is 13.3 Å². The Morgan fingerprint density at radius 2 is 2.54 bits per heavy atom. The molecule has 2 atom stereocenters. The van der Waals surface area contributed by atoms with Crippen molar-refractivity contribution >= 4 is 11.9 Å². The van der Waals surface area contributed by atoms with Gasteiger partial charge in [0.15, 0.2) is 5.92 Å². The van der Waals surface area contributed by atoms with Crippen LogP contribution in [-0.2, 0) is 19.1 Å².